The molecule has 6 nitrogen and oxygen atoms in total. The zero-order chi connectivity index (χ0) is 19.4. The standard InChI is InChI=1S/C19H23N3O3S2/c1-12-6-4-5-7-14(12)20-16(23)11-26-19-21-15-10-13(2)27-17(15)18(24)22(19)8-9-25-3/h4-7,13H,8-11H2,1-3H3,(H,20,23). The molecule has 0 spiro atoms. The van der Waals surface area contributed by atoms with E-state index in [4.69, 9.17) is 4.74 Å². The highest BCUT2D eigenvalue weighted by atomic mass is 32.2. The molecule has 1 unspecified atom stereocenters. The number of amides is 1. The van der Waals surface area contributed by atoms with Crippen LogP contribution in [0.3, 0.4) is 0 Å². The Morgan fingerprint density at radius 1 is 1.44 bits per heavy atom. The number of fused-ring (bicyclic) bond motifs is 1. The zero-order valence-corrected chi connectivity index (χ0v) is 17.3. The minimum atomic E-state index is -0.120. The third-order valence-corrected chi connectivity index (χ3v) is 6.42. The molecule has 0 bridgehead atoms. The number of para-hydroxylation sites is 1. The fourth-order valence-electron chi connectivity index (χ4n) is 2.85. The Hall–Kier alpha value is -1.77. The van der Waals surface area contributed by atoms with Gasteiger partial charge in [0.2, 0.25) is 5.91 Å². The van der Waals surface area contributed by atoms with Crippen molar-refractivity contribution in [1.29, 1.82) is 0 Å². The predicted octanol–water partition coefficient (Wildman–Crippen LogP) is 2.97. The molecular weight excluding hydrogens is 382 g/mol. The summed E-state index contributed by atoms with van der Waals surface area (Å²) < 4.78 is 6.76. The van der Waals surface area contributed by atoms with Crippen LogP contribution in [0.1, 0.15) is 18.2 Å². The molecule has 0 radical (unpaired) electrons. The van der Waals surface area contributed by atoms with E-state index < -0.39 is 0 Å². The number of anilines is 1. The molecule has 8 heteroatoms. The Kier molecular flexibility index (Phi) is 6.62. The zero-order valence-electron chi connectivity index (χ0n) is 15.7. The number of nitrogens with zero attached hydrogens (tertiary/aromatic N) is 2. The molecule has 3 rings (SSSR count). The summed E-state index contributed by atoms with van der Waals surface area (Å²) >= 11 is 2.86. The highest BCUT2D eigenvalue weighted by Gasteiger charge is 2.26. The van der Waals surface area contributed by atoms with Crippen LogP contribution in [0, 0.1) is 6.92 Å². The van der Waals surface area contributed by atoms with Crippen molar-refractivity contribution in [2.24, 2.45) is 0 Å². The number of aryl methyl sites for hydroxylation is 1. The molecule has 27 heavy (non-hydrogen) atoms. The molecule has 0 aliphatic carbocycles. The lowest BCUT2D eigenvalue weighted by molar-refractivity contribution is -0.113. The maximum atomic E-state index is 12.8. The summed E-state index contributed by atoms with van der Waals surface area (Å²) in [6.07, 6.45) is 0.781. The van der Waals surface area contributed by atoms with Crippen LogP contribution < -0.4 is 10.9 Å². The minimum absolute atomic E-state index is 0.0341. The molecule has 144 valence electrons. The molecule has 0 saturated heterocycles. The first-order chi connectivity index (χ1) is 13.0. The van der Waals surface area contributed by atoms with Crippen molar-refractivity contribution in [2.45, 2.75) is 42.1 Å². The van der Waals surface area contributed by atoms with Gasteiger partial charge in [-0.2, -0.15) is 0 Å². The van der Waals surface area contributed by atoms with Gasteiger partial charge >= 0.3 is 0 Å². The van der Waals surface area contributed by atoms with Crippen molar-refractivity contribution >= 4 is 35.1 Å². The molecule has 2 aromatic rings. The Balaban J connectivity index is 1.76. The lowest BCUT2D eigenvalue weighted by Gasteiger charge is -2.13. The first-order valence-corrected chi connectivity index (χ1v) is 10.6. The second-order valence-electron chi connectivity index (χ2n) is 6.40. The molecule has 1 aliphatic heterocycles. The van der Waals surface area contributed by atoms with Gasteiger partial charge in [0.05, 0.1) is 29.5 Å². The van der Waals surface area contributed by atoms with Crippen LogP contribution in [0.2, 0.25) is 0 Å². The van der Waals surface area contributed by atoms with Crippen molar-refractivity contribution in [1.82, 2.24) is 9.55 Å². The monoisotopic (exact) mass is 405 g/mol. The molecule has 1 aliphatic rings. The van der Waals surface area contributed by atoms with Gasteiger partial charge in [-0.05, 0) is 18.6 Å². The highest BCUT2D eigenvalue weighted by Crippen LogP contribution is 2.34. The molecular formula is C19H23N3O3S2. The summed E-state index contributed by atoms with van der Waals surface area (Å²) in [5.74, 6) is 0.0694. The largest absolute Gasteiger partial charge is 0.383 e. The van der Waals surface area contributed by atoms with Crippen LogP contribution in [-0.2, 0) is 22.5 Å². The summed E-state index contributed by atoms with van der Waals surface area (Å²) in [5, 5.41) is 3.84. The third-order valence-electron chi connectivity index (χ3n) is 4.23. The summed E-state index contributed by atoms with van der Waals surface area (Å²) in [7, 11) is 1.60. The van der Waals surface area contributed by atoms with Crippen LogP contribution in [0.5, 0.6) is 0 Å². The molecule has 2 heterocycles. The van der Waals surface area contributed by atoms with Crippen LogP contribution >= 0.6 is 23.5 Å². The second kappa shape index (κ2) is 8.95. The van der Waals surface area contributed by atoms with Crippen molar-refractivity contribution in [3.8, 4) is 0 Å². The van der Waals surface area contributed by atoms with E-state index in [0.717, 1.165) is 28.3 Å². The van der Waals surface area contributed by atoms with Crippen molar-refractivity contribution < 1.29 is 9.53 Å². The molecule has 1 N–H and O–H groups in total. The van der Waals surface area contributed by atoms with E-state index in [-0.39, 0.29) is 17.2 Å². The fraction of sp³-hybridized carbons (Fsp3) is 0.421. The number of nitrogens with one attached hydrogen (secondary N) is 1. The molecule has 0 saturated carbocycles. The number of rotatable bonds is 7. The normalized spacial score (nSPS) is 15.6. The lowest BCUT2D eigenvalue weighted by Crippen LogP contribution is -2.27. The van der Waals surface area contributed by atoms with E-state index in [2.05, 4.69) is 17.2 Å². The minimum Gasteiger partial charge on any atom is -0.383 e. The number of benzene rings is 1. The molecule has 1 aromatic carbocycles. The first-order valence-electron chi connectivity index (χ1n) is 8.77. The topological polar surface area (TPSA) is 73.2 Å². The summed E-state index contributed by atoms with van der Waals surface area (Å²) in [6.45, 7) is 4.88. The van der Waals surface area contributed by atoms with Gasteiger partial charge in [0, 0.05) is 24.5 Å². The smallest absolute Gasteiger partial charge is 0.268 e. The highest BCUT2D eigenvalue weighted by molar-refractivity contribution is 8.00. The number of thioether (sulfide) groups is 2. The maximum Gasteiger partial charge on any atom is 0.268 e. The number of carbonyl (C=O) groups excluding carboxylic acids is 1. The van der Waals surface area contributed by atoms with Crippen molar-refractivity contribution in [2.75, 3.05) is 24.8 Å². The molecule has 1 aromatic heterocycles. The number of aromatic nitrogens is 2. The van der Waals surface area contributed by atoms with Gasteiger partial charge in [-0.25, -0.2) is 4.98 Å². The molecule has 1 atom stereocenters. The quantitative estimate of drug-likeness (QED) is 0.564. The number of hydrogen-bond donors (Lipinski definition) is 1. The first kappa shape index (κ1) is 20.0. The van der Waals surface area contributed by atoms with E-state index in [1.165, 1.54) is 11.8 Å². The summed E-state index contributed by atoms with van der Waals surface area (Å²) in [4.78, 5) is 30.6. The van der Waals surface area contributed by atoms with Gasteiger partial charge in [0.25, 0.3) is 5.56 Å². The van der Waals surface area contributed by atoms with Gasteiger partial charge < -0.3 is 10.1 Å². The van der Waals surface area contributed by atoms with Gasteiger partial charge in [0.1, 0.15) is 0 Å². The Bertz CT molecular complexity index is 898. The van der Waals surface area contributed by atoms with E-state index in [1.807, 2.05) is 31.2 Å². The average Bonchev–Trinajstić information content (AvgIpc) is 3.02. The fourth-order valence-corrected chi connectivity index (χ4v) is 4.81. The second-order valence-corrected chi connectivity index (χ2v) is 8.80. The van der Waals surface area contributed by atoms with Crippen LogP contribution in [0.15, 0.2) is 39.1 Å². The van der Waals surface area contributed by atoms with Gasteiger partial charge in [-0.1, -0.05) is 36.9 Å². The number of carbonyl (C=O) groups is 1. The van der Waals surface area contributed by atoms with Crippen molar-refractivity contribution in [3.05, 3.63) is 45.9 Å². The van der Waals surface area contributed by atoms with E-state index in [1.54, 1.807) is 23.4 Å². The SMILES string of the molecule is COCCn1c(SCC(=O)Nc2ccccc2C)nc2c(c1=O)SC(C)C2. The number of hydrogen-bond acceptors (Lipinski definition) is 6. The van der Waals surface area contributed by atoms with E-state index in [0.29, 0.717) is 23.6 Å². The third kappa shape index (κ3) is 4.75. The predicted molar refractivity (Wildman–Crippen MR) is 110 cm³/mol. The maximum absolute atomic E-state index is 12.8. The van der Waals surface area contributed by atoms with Crippen LogP contribution in [0.4, 0.5) is 5.69 Å². The van der Waals surface area contributed by atoms with Gasteiger partial charge in [-0.3, -0.25) is 14.2 Å². The van der Waals surface area contributed by atoms with Gasteiger partial charge in [-0.15, -0.1) is 11.8 Å². The Morgan fingerprint density at radius 3 is 2.96 bits per heavy atom. The number of methoxy groups -OCH3 is 1. The van der Waals surface area contributed by atoms with Crippen LogP contribution in [0.25, 0.3) is 0 Å². The average molecular weight is 406 g/mol. The van der Waals surface area contributed by atoms with Crippen molar-refractivity contribution in [3.63, 3.8) is 0 Å². The lowest BCUT2D eigenvalue weighted by atomic mass is 10.2. The number of ether oxygens (including phenoxy) is 1. The Morgan fingerprint density at radius 2 is 2.22 bits per heavy atom. The Labute approximate surface area is 167 Å². The summed E-state index contributed by atoms with van der Waals surface area (Å²) in [6, 6.07) is 7.64. The molecule has 1 amide bonds. The summed E-state index contributed by atoms with van der Waals surface area (Å²) in [5.41, 5.74) is 2.61. The molecule has 0 fully saturated rings. The van der Waals surface area contributed by atoms with E-state index in [9.17, 15) is 9.59 Å². The van der Waals surface area contributed by atoms with Crippen LogP contribution in [-0.4, -0.2) is 40.2 Å². The van der Waals surface area contributed by atoms with Gasteiger partial charge in [0.15, 0.2) is 5.16 Å². The van der Waals surface area contributed by atoms with E-state index >= 15 is 0 Å².